The average molecular weight is 274 g/mol. The molecule has 17 heavy (non-hydrogen) atoms. The van der Waals surface area contributed by atoms with E-state index in [0.717, 1.165) is 6.07 Å². The average Bonchev–Trinajstić information content (AvgIpc) is 2.17. The number of nitrogens with two attached hydrogens (primary N) is 1. The SMILES string of the molecule is Cl.N[C@H](CCC(F)(F)F)c1cccc(F)c1O. The number of hydrogen-bond donors (Lipinski definition) is 2. The van der Waals surface area contributed by atoms with Gasteiger partial charge in [0.25, 0.3) is 0 Å². The monoisotopic (exact) mass is 273 g/mol. The van der Waals surface area contributed by atoms with Crippen LogP contribution in [0.4, 0.5) is 17.6 Å². The van der Waals surface area contributed by atoms with Crippen LogP contribution in [0.25, 0.3) is 0 Å². The molecule has 7 heteroatoms. The number of aromatic hydroxyl groups is 1. The molecule has 1 rings (SSSR count). The molecular weight excluding hydrogens is 262 g/mol. The Bertz CT molecular complexity index is 370. The fourth-order valence-electron chi connectivity index (χ4n) is 1.31. The molecule has 1 aromatic carbocycles. The van der Waals surface area contributed by atoms with Crippen molar-refractivity contribution in [3.8, 4) is 5.75 Å². The molecule has 0 amide bonds. The Morgan fingerprint density at radius 1 is 1.29 bits per heavy atom. The first-order valence-corrected chi connectivity index (χ1v) is 4.61. The molecule has 0 radical (unpaired) electrons. The summed E-state index contributed by atoms with van der Waals surface area (Å²) in [5, 5.41) is 9.26. The second-order valence-electron chi connectivity index (χ2n) is 3.44. The van der Waals surface area contributed by atoms with Crippen molar-refractivity contribution in [2.45, 2.75) is 25.1 Å². The molecule has 0 bridgehead atoms. The third-order valence-electron chi connectivity index (χ3n) is 2.16. The number of halogens is 5. The summed E-state index contributed by atoms with van der Waals surface area (Å²) in [5.74, 6) is -1.57. The van der Waals surface area contributed by atoms with Crippen molar-refractivity contribution < 1.29 is 22.7 Å². The van der Waals surface area contributed by atoms with Crippen LogP contribution in [0.3, 0.4) is 0 Å². The number of phenols is 1. The zero-order valence-corrected chi connectivity index (χ0v) is 9.48. The second kappa shape index (κ2) is 6.07. The minimum atomic E-state index is -4.30. The van der Waals surface area contributed by atoms with Crippen LogP contribution >= 0.6 is 12.4 Å². The molecule has 0 spiro atoms. The summed E-state index contributed by atoms with van der Waals surface area (Å²) >= 11 is 0. The van der Waals surface area contributed by atoms with Gasteiger partial charge < -0.3 is 10.8 Å². The molecule has 0 aliphatic carbocycles. The van der Waals surface area contributed by atoms with Crippen LogP contribution in [0.2, 0.25) is 0 Å². The maximum atomic E-state index is 12.9. The van der Waals surface area contributed by atoms with E-state index >= 15 is 0 Å². The zero-order chi connectivity index (χ0) is 12.3. The largest absolute Gasteiger partial charge is 0.505 e. The Hall–Kier alpha value is -1.01. The Kier molecular flexibility index (Phi) is 5.71. The molecule has 1 atom stereocenters. The van der Waals surface area contributed by atoms with Crippen molar-refractivity contribution in [2.75, 3.05) is 0 Å². The lowest BCUT2D eigenvalue weighted by Crippen LogP contribution is -2.16. The normalized spacial score (nSPS) is 13.0. The first-order chi connectivity index (χ1) is 7.31. The van der Waals surface area contributed by atoms with Crippen molar-refractivity contribution in [3.05, 3.63) is 29.6 Å². The van der Waals surface area contributed by atoms with E-state index in [-0.39, 0.29) is 24.4 Å². The topological polar surface area (TPSA) is 46.2 Å². The highest BCUT2D eigenvalue weighted by molar-refractivity contribution is 5.85. The van der Waals surface area contributed by atoms with Gasteiger partial charge in [0.05, 0.1) is 0 Å². The van der Waals surface area contributed by atoms with Gasteiger partial charge in [-0.2, -0.15) is 13.2 Å². The maximum absolute atomic E-state index is 12.9. The van der Waals surface area contributed by atoms with Crippen LogP contribution in [0.1, 0.15) is 24.4 Å². The third-order valence-corrected chi connectivity index (χ3v) is 2.16. The molecule has 0 saturated carbocycles. The molecule has 2 nitrogen and oxygen atoms in total. The summed E-state index contributed by atoms with van der Waals surface area (Å²) in [7, 11) is 0. The highest BCUT2D eigenvalue weighted by Crippen LogP contribution is 2.31. The lowest BCUT2D eigenvalue weighted by Gasteiger charge is -2.14. The number of hydrogen-bond acceptors (Lipinski definition) is 2. The number of phenolic OH excluding ortho intramolecular Hbond substituents is 1. The summed E-state index contributed by atoms with van der Waals surface area (Å²) in [6.07, 6.45) is -5.76. The van der Waals surface area contributed by atoms with Gasteiger partial charge in [0.15, 0.2) is 11.6 Å². The first kappa shape index (κ1) is 16.0. The summed E-state index contributed by atoms with van der Waals surface area (Å²) in [5.41, 5.74) is 5.44. The van der Waals surface area contributed by atoms with Crippen molar-refractivity contribution in [1.29, 1.82) is 0 Å². The van der Waals surface area contributed by atoms with E-state index in [1.54, 1.807) is 0 Å². The molecule has 98 valence electrons. The van der Waals surface area contributed by atoms with Gasteiger partial charge in [-0.1, -0.05) is 12.1 Å². The van der Waals surface area contributed by atoms with Crippen molar-refractivity contribution in [3.63, 3.8) is 0 Å². The zero-order valence-electron chi connectivity index (χ0n) is 8.67. The van der Waals surface area contributed by atoms with Gasteiger partial charge in [0.1, 0.15) is 0 Å². The number of benzene rings is 1. The lowest BCUT2D eigenvalue weighted by molar-refractivity contribution is -0.136. The Balaban J connectivity index is 0.00000256. The molecule has 0 aliphatic rings. The van der Waals surface area contributed by atoms with E-state index in [9.17, 15) is 22.7 Å². The van der Waals surface area contributed by atoms with E-state index in [1.807, 2.05) is 0 Å². The standard InChI is InChI=1S/C10H11F4NO.ClH/c11-7-3-1-2-6(9(7)16)8(15)4-5-10(12,13)14;/h1-3,8,16H,4-5,15H2;1H/t8-;/m1./s1. The summed E-state index contributed by atoms with van der Waals surface area (Å²) in [6.45, 7) is 0. The summed E-state index contributed by atoms with van der Waals surface area (Å²) < 4.78 is 48.6. The van der Waals surface area contributed by atoms with Crippen LogP contribution in [0, 0.1) is 5.82 Å². The summed E-state index contributed by atoms with van der Waals surface area (Å²) in [4.78, 5) is 0. The molecule has 3 N–H and O–H groups in total. The Labute approximate surface area is 102 Å². The molecule has 0 unspecified atom stereocenters. The van der Waals surface area contributed by atoms with Crippen LogP contribution < -0.4 is 5.73 Å². The molecular formula is C10H12ClF4NO. The van der Waals surface area contributed by atoms with Gasteiger partial charge in [-0.3, -0.25) is 0 Å². The highest BCUT2D eigenvalue weighted by atomic mass is 35.5. The van der Waals surface area contributed by atoms with Crippen molar-refractivity contribution in [2.24, 2.45) is 5.73 Å². The number of para-hydroxylation sites is 1. The molecule has 0 saturated heterocycles. The smallest absolute Gasteiger partial charge is 0.389 e. The molecule has 1 aromatic rings. The third kappa shape index (κ3) is 4.79. The maximum Gasteiger partial charge on any atom is 0.389 e. The lowest BCUT2D eigenvalue weighted by atomic mass is 10.0. The quantitative estimate of drug-likeness (QED) is 0.830. The predicted molar refractivity (Wildman–Crippen MR) is 57.5 cm³/mol. The van der Waals surface area contributed by atoms with Gasteiger partial charge in [-0.15, -0.1) is 12.4 Å². The van der Waals surface area contributed by atoms with Crippen molar-refractivity contribution in [1.82, 2.24) is 0 Å². The van der Waals surface area contributed by atoms with E-state index in [1.165, 1.54) is 12.1 Å². The van der Waals surface area contributed by atoms with Gasteiger partial charge >= 0.3 is 6.18 Å². The molecule has 0 heterocycles. The van der Waals surface area contributed by atoms with E-state index in [0.29, 0.717) is 0 Å². The van der Waals surface area contributed by atoms with Crippen LogP contribution in [0.5, 0.6) is 5.75 Å². The predicted octanol–water partition coefficient (Wildman–Crippen LogP) is 3.30. The van der Waals surface area contributed by atoms with Crippen LogP contribution in [0.15, 0.2) is 18.2 Å². The molecule has 0 aromatic heterocycles. The van der Waals surface area contributed by atoms with Gasteiger partial charge in [-0.25, -0.2) is 4.39 Å². The van der Waals surface area contributed by atoms with Gasteiger partial charge in [0.2, 0.25) is 0 Å². The Morgan fingerprint density at radius 3 is 2.41 bits per heavy atom. The highest BCUT2D eigenvalue weighted by Gasteiger charge is 2.28. The van der Waals surface area contributed by atoms with E-state index in [2.05, 4.69) is 0 Å². The minimum absolute atomic E-state index is 0. The fourth-order valence-corrected chi connectivity index (χ4v) is 1.31. The van der Waals surface area contributed by atoms with Gasteiger partial charge in [-0.05, 0) is 12.5 Å². The fraction of sp³-hybridized carbons (Fsp3) is 0.400. The first-order valence-electron chi connectivity index (χ1n) is 4.61. The number of rotatable bonds is 3. The molecule has 0 aliphatic heterocycles. The van der Waals surface area contributed by atoms with E-state index < -0.39 is 30.2 Å². The Morgan fingerprint density at radius 2 is 1.88 bits per heavy atom. The minimum Gasteiger partial charge on any atom is -0.505 e. The van der Waals surface area contributed by atoms with Gasteiger partial charge in [0, 0.05) is 18.0 Å². The van der Waals surface area contributed by atoms with Crippen LogP contribution in [-0.4, -0.2) is 11.3 Å². The summed E-state index contributed by atoms with van der Waals surface area (Å²) in [6, 6.07) is 2.57. The van der Waals surface area contributed by atoms with E-state index in [4.69, 9.17) is 5.73 Å². The molecule has 0 fully saturated rings. The van der Waals surface area contributed by atoms with Crippen LogP contribution in [-0.2, 0) is 0 Å². The number of alkyl halides is 3. The van der Waals surface area contributed by atoms with Crippen molar-refractivity contribution >= 4 is 12.4 Å². The second-order valence-corrected chi connectivity index (χ2v) is 3.44.